The quantitative estimate of drug-likeness (QED) is 0.844. The zero-order valence-electron chi connectivity index (χ0n) is 12.0. The van der Waals surface area contributed by atoms with E-state index in [-0.39, 0.29) is 5.92 Å². The number of aryl methyl sites for hydroxylation is 1. The number of halogens is 1. The first-order valence-corrected chi connectivity index (χ1v) is 6.98. The summed E-state index contributed by atoms with van der Waals surface area (Å²) in [5.41, 5.74) is 1.95. The van der Waals surface area contributed by atoms with E-state index in [4.69, 9.17) is 16.3 Å². The molecule has 0 fully saturated rings. The van der Waals surface area contributed by atoms with Gasteiger partial charge in [0, 0.05) is 5.02 Å². The third-order valence-electron chi connectivity index (χ3n) is 3.53. The lowest BCUT2D eigenvalue weighted by molar-refractivity contribution is 0.0214. The molecule has 0 aliphatic carbocycles. The lowest BCUT2D eigenvalue weighted by Gasteiger charge is -2.23. The Morgan fingerprint density at radius 2 is 1.95 bits per heavy atom. The van der Waals surface area contributed by atoms with Crippen molar-refractivity contribution >= 4 is 11.6 Å². The van der Waals surface area contributed by atoms with E-state index in [1.165, 1.54) is 0 Å². The van der Waals surface area contributed by atoms with Crippen molar-refractivity contribution in [2.75, 3.05) is 7.11 Å². The first-order chi connectivity index (χ1) is 8.90. The van der Waals surface area contributed by atoms with Crippen LogP contribution in [-0.4, -0.2) is 29.5 Å². The van der Waals surface area contributed by atoms with Gasteiger partial charge in [0.2, 0.25) is 0 Å². The van der Waals surface area contributed by atoms with Crippen molar-refractivity contribution in [3.05, 3.63) is 28.3 Å². The lowest BCUT2D eigenvalue weighted by atomic mass is 9.88. The van der Waals surface area contributed by atoms with E-state index in [0.29, 0.717) is 11.4 Å². The van der Waals surface area contributed by atoms with Gasteiger partial charge in [-0.3, -0.25) is 0 Å². The first-order valence-electron chi connectivity index (χ1n) is 6.60. The van der Waals surface area contributed by atoms with Crippen LogP contribution in [0.25, 0.3) is 0 Å². The van der Waals surface area contributed by atoms with Gasteiger partial charge in [0.25, 0.3) is 0 Å². The zero-order valence-corrected chi connectivity index (χ0v) is 12.7. The Labute approximate surface area is 120 Å². The third kappa shape index (κ3) is 4.10. The van der Waals surface area contributed by atoms with E-state index in [1.54, 1.807) is 14.0 Å². The van der Waals surface area contributed by atoms with Crippen LogP contribution >= 0.6 is 11.6 Å². The van der Waals surface area contributed by atoms with E-state index < -0.39 is 12.2 Å². The summed E-state index contributed by atoms with van der Waals surface area (Å²) in [5.74, 6) is 0.893. The minimum Gasteiger partial charge on any atom is -0.496 e. The molecule has 1 aromatic rings. The van der Waals surface area contributed by atoms with E-state index in [1.807, 2.05) is 26.0 Å². The predicted molar refractivity (Wildman–Crippen MR) is 78.1 cm³/mol. The molecule has 4 heteroatoms. The van der Waals surface area contributed by atoms with Gasteiger partial charge >= 0.3 is 0 Å². The highest BCUT2D eigenvalue weighted by atomic mass is 35.5. The molecule has 0 aliphatic rings. The predicted octanol–water partition coefficient (Wildman–Crippen LogP) is 3.28. The van der Waals surface area contributed by atoms with Crippen LogP contribution in [0, 0.1) is 6.92 Å². The molecule has 0 radical (unpaired) electrons. The molecule has 3 nitrogen and oxygen atoms in total. The van der Waals surface area contributed by atoms with E-state index >= 15 is 0 Å². The summed E-state index contributed by atoms with van der Waals surface area (Å²) in [6.07, 6.45) is -0.139. The van der Waals surface area contributed by atoms with Gasteiger partial charge in [-0.1, -0.05) is 18.5 Å². The van der Waals surface area contributed by atoms with Crippen molar-refractivity contribution in [3.63, 3.8) is 0 Å². The second-order valence-corrected chi connectivity index (χ2v) is 5.40. The van der Waals surface area contributed by atoms with Crippen LogP contribution in [0.1, 0.15) is 43.7 Å². The fraction of sp³-hybridized carbons (Fsp3) is 0.600. The molecule has 0 saturated heterocycles. The van der Waals surface area contributed by atoms with Crippen LogP contribution < -0.4 is 4.74 Å². The van der Waals surface area contributed by atoms with Crippen LogP contribution in [-0.2, 0) is 0 Å². The van der Waals surface area contributed by atoms with Gasteiger partial charge in [0.1, 0.15) is 5.75 Å². The summed E-state index contributed by atoms with van der Waals surface area (Å²) < 4.78 is 5.40. The minimum absolute atomic E-state index is 0.109. The SMILES string of the molecule is CCC(CC(O)C(C)O)c1cc(Cl)c(C)cc1OC. The largest absolute Gasteiger partial charge is 0.496 e. The molecule has 3 unspecified atom stereocenters. The van der Waals surface area contributed by atoms with Crippen molar-refractivity contribution in [2.45, 2.75) is 51.7 Å². The smallest absolute Gasteiger partial charge is 0.122 e. The standard InChI is InChI=1S/C15H23ClO3/c1-5-11(7-14(18)10(3)17)12-8-13(16)9(2)6-15(12)19-4/h6,8,10-11,14,17-18H,5,7H2,1-4H3. The Bertz CT molecular complexity index is 418. The Morgan fingerprint density at radius 1 is 1.32 bits per heavy atom. The average Bonchev–Trinajstić information content (AvgIpc) is 2.38. The molecule has 0 heterocycles. The molecule has 19 heavy (non-hydrogen) atoms. The maximum absolute atomic E-state index is 9.85. The van der Waals surface area contributed by atoms with Gasteiger partial charge in [-0.25, -0.2) is 0 Å². The Morgan fingerprint density at radius 3 is 2.42 bits per heavy atom. The number of aliphatic hydroxyl groups is 2. The summed E-state index contributed by atoms with van der Waals surface area (Å²) in [6, 6.07) is 3.81. The fourth-order valence-electron chi connectivity index (χ4n) is 2.17. The first kappa shape index (κ1) is 16.3. The van der Waals surface area contributed by atoms with Crippen molar-refractivity contribution in [1.82, 2.24) is 0 Å². The van der Waals surface area contributed by atoms with Crippen molar-refractivity contribution in [3.8, 4) is 5.75 Å². The monoisotopic (exact) mass is 286 g/mol. The van der Waals surface area contributed by atoms with Gasteiger partial charge in [-0.05, 0) is 55.9 Å². The van der Waals surface area contributed by atoms with Crippen LogP contribution in [0.3, 0.4) is 0 Å². The van der Waals surface area contributed by atoms with Crippen LogP contribution in [0.2, 0.25) is 5.02 Å². The molecule has 1 aromatic carbocycles. The minimum atomic E-state index is -0.741. The number of ether oxygens (including phenoxy) is 1. The van der Waals surface area contributed by atoms with Crippen LogP contribution in [0.5, 0.6) is 5.75 Å². The van der Waals surface area contributed by atoms with E-state index in [0.717, 1.165) is 23.3 Å². The molecule has 2 N–H and O–H groups in total. The molecule has 0 amide bonds. The van der Waals surface area contributed by atoms with Gasteiger partial charge in [-0.2, -0.15) is 0 Å². The highest BCUT2D eigenvalue weighted by Gasteiger charge is 2.22. The van der Waals surface area contributed by atoms with Gasteiger partial charge in [0.15, 0.2) is 0 Å². The number of rotatable bonds is 6. The molecule has 0 bridgehead atoms. The number of hydrogen-bond donors (Lipinski definition) is 2. The summed E-state index contributed by atoms with van der Waals surface area (Å²) in [4.78, 5) is 0. The Kier molecular flexibility index (Phi) is 6.11. The summed E-state index contributed by atoms with van der Waals surface area (Å²) in [7, 11) is 1.63. The summed E-state index contributed by atoms with van der Waals surface area (Å²) >= 11 is 6.18. The molecule has 3 atom stereocenters. The second kappa shape index (κ2) is 7.13. The lowest BCUT2D eigenvalue weighted by Crippen LogP contribution is -2.24. The Balaban J connectivity index is 3.07. The molecule has 0 saturated carbocycles. The molecule has 108 valence electrons. The molecular formula is C15H23ClO3. The van der Waals surface area contributed by atoms with Crippen LogP contribution in [0.15, 0.2) is 12.1 Å². The van der Waals surface area contributed by atoms with E-state index in [2.05, 4.69) is 0 Å². The van der Waals surface area contributed by atoms with Crippen molar-refractivity contribution < 1.29 is 14.9 Å². The highest BCUT2D eigenvalue weighted by Crippen LogP contribution is 2.36. The Hall–Kier alpha value is -0.770. The topological polar surface area (TPSA) is 49.7 Å². The zero-order chi connectivity index (χ0) is 14.6. The van der Waals surface area contributed by atoms with Gasteiger partial charge in [0.05, 0.1) is 19.3 Å². The normalized spacial score (nSPS) is 15.9. The number of benzene rings is 1. The molecule has 0 aromatic heterocycles. The molecule has 1 rings (SSSR count). The maximum Gasteiger partial charge on any atom is 0.122 e. The third-order valence-corrected chi connectivity index (χ3v) is 3.93. The highest BCUT2D eigenvalue weighted by molar-refractivity contribution is 6.31. The maximum atomic E-state index is 9.85. The second-order valence-electron chi connectivity index (χ2n) is 4.99. The number of aliphatic hydroxyl groups excluding tert-OH is 2. The van der Waals surface area contributed by atoms with E-state index in [9.17, 15) is 10.2 Å². The number of methoxy groups -OCH3 is 1. The van der Waals surface area contributed by atoms with Gasteiger partial charge in [-0.15, -0.1) is 0 Å². The molecule has 0 spiro atoms. The summed E-state index contributed by atoms with van der Waals surface area (Å²) in [5, 5.41) is 20.0. The van der Waals surface area contributed by atoms with Crippen LogP contribution in [0.4, 0.5) is 0 Å². The summed E-state index contributed by atoms with van der Waals surface area (Å²) in [6.45, 7) is 5.57. The number of hydrogen-bond acceptors (Lipinski definition) is 3. The molecular weight excluding hydrogens is 264 g/mol. The fourth-order valence-corrected chi connectivity index (χ4v) is 2.34. The molecule has 0 aliphatic heterocycles. The van der Waals surface area contributed by atoms with Crippen molar-refractivity contribution in [2.24, 2.45) is 0 Å². The van der Waals surface area contributed by atoms with Crippen molar-refractivity contribution in [1.29, 1.82) is 0 Å². The average molecular weight is 287 g/mol. The van der Waals surface area contributed by atoms with Gasteiger partial charge < -0.3 is 14.9 Å².